The number of sulfonamides is 1. The van der Waals surface area contributed by atoms with Gasteiger partial charge in [0, 0.05) is 6.04 Å². The van der Waals surface area contributed by atoms with E-state index in [4.69, 9.17) is 5.26 Å². The standard InChI is InChI=1S/C20H22N2O3S/c1-14-12-19(26(24,25)22-17-6-8-18(23)9-7-17)10-11-20(14)16-4-2-15(13-21)3-5-16/h2-5,10-12,17-18,22-23H,6-9H2,1H3/t17-,18-. The average molecular weight is 370 g/mol. The Labute approximate surface area is 154 Å². The van der Waals surface area contributed by atoms with Crippen LogP contribution in [0.3, 0.4) is 0 Å². The first-order valence-corrected chi connectivity index (χ1v) is 10.2. The van der Waals surface area contributed by atoms with E-state index in [1.54, 1.807) is 30.3 Å². The van der Waals surface area contributed by atoms with E-state index in [9.17, 15) is 13.5 Å². The molecular weight excluding hydrogens is 348 g/mol. The van der Waals surface area contributed by atoms with Crippen molar-refractivity contribution in [1.29, 1.82) is 5.26 Å². The molecule has 136 valence electrons. The normalized spacial score (nSPS) is 20.5. The number of aryl methyl sites for hydroxylation is 1. The van der Waals surface area contributed by atoms with Gasteiger partial charge in [0.05, 0.1) is 22.6 Å². The molecule has 2 aromatic carbocycles. The fourth-order valence-corrected chi connectivity index (χ4v) is 4.72. The lowest BCUT2D eigenvalue weighted by atomic mass is 9.94. The Balaban J connectivity index is 1.80. The molecule has 2 N–H and O–H groups in total. The monoisotopic (exact) mass is 370 g/mol. The van der Waals surface area contributed by atoms with E-state index in [0.717, 1.165) is 16.7 Å². The third kappa shape index (κ3) is 4.13. The third-order valence-corrected chi connectivity index (χ3v) is 6.37. The number of aliphatic hydroxyl groups excluding tert-OH is 1. The zero-order valence-corrected chi connectivity index (χ0v) is 15.5. The van der Waals surface area contributed by atoms with Gasteiger partial charge in [-0.3, -0.25) is 0 Å². The summed E-state index contributed by atoms with van der Waals surface area (Å²) >= 11 is 0. The van der Waals surface area contributed by atoms with Crippen LogP contribution in [0.5, 0.6) is 0 Å². The van der Waals surface area contributed by atoms with Crippen LogP contribution < -0.4 is 4.72 Å². The zero-order valence-electron chi connectivity index (χ0n) is 14.6. The van der Waals surface area contributed by atoms with Crippen molar-refractivity contribution in [2.24, 2.45) is 0 Å². The largest absolute Gasteiger partial charge is 0.393 e. The van der Waals surface area contributed by atoms with Crippen LogP contribution in [0, 0.1) is 18.3 Å². The van der Waals surface area contributed by atoms with Crippen molar-refractivity contribution in [2.45, 2.75) is 49.6 Å². The summed E-state index contributed by atoms with van der Waals surface area (Å²) in [6.07, 6.45) is 2.25. The molecule has 0 spiro atoms. The fraction of sp³-hybridized carbons (Fsp3) is 0.350. The minimum absolute atomic E-state index is 0.123. The van der Waals surface area contributed by atoms with Crippen LogP contribution in [0.2, 0.25) is 0 Å². The summed E-state index contributed by atoms with van der Waals surface area (Å²) in [7, 11) is -3.58. The molecule has 0 saturated heterocycles. The van der Waals surface area contributed by atoms with Crippen molar-refractivity contribution in [3.05, 3.63) is 53.6 Å². The van der Waals surface area contributed by atoms with Gasteiger partial charge >= 0.3 is 0 Å². The highest BCUT2D eigenvalue weighted by Crippen LogP contribution is 2.27. The zero-order chi connectivity index (χ0) is 18.7. The van der Waals surface area contributed by atoms with Crippen molar-refractivity contribution in [2.75, 3.05) is 0 Å². The van der Waals surface area contributed by atoms with Gasteiger partial charge in [-0.15, -0.1) is 0 Å². The summed E-state index contributed by atoms with van der Waals surface area (Å²) in [4.78, 5) is 0.249. The minimum atomic E-state index is -3.58. The van der Waals surface area contributed by atoms with E-state index in [1.807, 2.05) is 19.1 Å². The first kappa shape index (κ1) is 18.6. The van der Waals surface area contributed by atoms with Crippen LogP contribution >= 0.6 is 0 Å². The molecule has 6 heteroatoms. The maximum absolute atomic E-state index is 12.7. The number of nitriles is 1. The molecule has 5 nitrogen and oxygen atoms in total. The molecule has 0 heterocycles. The molecule has 1 fully saturated rings. The van der Waals surface area contributed by atoms with Gasteiger partial charge < -0.3 is 5.11 Å². The lowest BCUT2D eigenvalue weighted by molar-refractivity contribution is 0.120. The van der Waals surface area contributed by atoms with E-state index in [2.05, 4.69) is 10.8 Å². The molecule has 1 aliphatic rings. The maximum atomic E-state index is 12.7. The molecule has 0 radical (unpaired) electrons. The molecule has 0 bridgehead atoms. The van der Waals surface area contributed by atoms with Crippen LogP contribution in [0.15, 0.2) is 47.4 Å². The molecular formula is C20H22N2O3S. The van der Waals surface area contributed by atoms with Gasteiger partial charge in [-0.1, -0.05) is 18.2 Å². The Kier molecular flexibility index (Phi) is 5.42. The summed E-state index contributed by atoms with van der Waals surface area (Å²) < 4.78 is 28.1. The lowest BCUT2D eigenvalue weighted by Gasteiger charge is -2.26. The average Bonchev–Trinajstić information content (AvgIpc) is 2.63. The van der Waals surface area contributed by atoms with Crippen LogP contribution in [-0.2, 0) is 10.0 Å². The number of hydrogen-bond donors (Lipinski definition) is 2. The topological polar surface area (TPSA) is 90.2 Å². The van der Waals surface area contributed by atoms with Crippen LogP contribution in [-0.4, -0.2) is 25.7 Å². The van der Waals surface area contributed by atoms with E-state index in [1.165, 1.54) is 0 Å². The van der Waals surface area contributed by atoms with Gasteiger partial charge in [-0.05, 0) is 73.6 Å². The number of benzene rings is 2. The Morgan fingerprint density at radius 1 is 1.08 bits per heavy atom. The molecule has 0 aromatic heterocycles. The predicted octanol–water partition coefficient (Wildman–Crippen LogP) is 3.12. The highest BCUT2D eigenvalue weighted by Gasteiger charge is 2.25. The fourth-order valence-electron chi connectivity index (χ4n) is 3.33. The highest BCUT2D eigenvalue weighted by atomic mass is 32.2. The Bertz CT molecular complexity index is 923. The van der Waals surface area contributed by atoms with Crippen LogP contribution in [0.25, 0.3) is 11.1 Å². The summed E-state index contributed by atoms with van der Waals surface area (Å²) in [6, 6.07) is 14.3. The van der Waals surface area contributed by atoms with E-state index >= 15 is 0 Å². The van der Waals surface area contributed by atoms with Crippen molar-refractivity contribution < 1.29 is 13.5 Å². The summed E-state index contributed by atoms with van der Waals surface area (Å²) in [5, 5.41) is 18.4. The van der Waals surface area contributed by atoms with Crippen molar-refractivity contribution in [3.8, 4) is 17.2 Å². The molecule has 0 aliphatic heterocycles. The molecule has 3 rings (SSSR count). The van der Waals surface area contributed by atoms with E-state index in [0.29, 0.717) is 31.2 Å². The van der Waals surface area contributed by atoms with Crippen molar-refractivity contribution in [3.63, 3.8) is 0 Å². The highest BCUT2D eigenvalue weighted by molar-refractivity contribution is 7.89. The van der Waals surface area contributed by atoms with Crippen LogP contribution in [0.4, 0.5) is 0 Å². The molecule has 1 saturated carbocycles. The van der Waals surface area contributed by atoms with Gasteiger partial charge in [-0.2, -0.15) is 5.26 Å². The molecule has 26 heavy (non-hydrogen) atoms. The summed E-state index contributed by atoms with van der Waals surface area (Å²) in [5.41, 5.74) is 3.33. The third-order valence-electron chi connectivity index (χ3n) is 4.85. The second kappa shape index (κ2) is 7.58. The van der Waals surface area contributed by atoms with E-state index in [-0.39, 0.29) is 17.0 Å². The first-order chi connectivity index (χ1) is 12.4. The SMILES string of the molecule is Cc1cc(S(=O)(=O)N[C@H]2CC[C@H](O)CC2)ccc1-c1ccc(C#N)cc1. The molecule has 0 unspecified atom stereocenters. The number of rotatable bonds is 4. The molecule has 1 aliphatic carbocycles. The van der Waals surface area contributed by atoms with Gasteiger partial charge in [0.1, 0.15) is 0 Å². The Morgan fingerprint density at radius 2 is 1.73 bits per heavy atom. The smallest absolute Gasteiger partial charge is 0.240 e. The van der Waals surface area contributed by atoms with Crippen molar-refractivity contribution in [1.82, 2.24) is 4.72 Å². The number of hydrogen-bond acceptors (Lipinski definition) is 4. The van der Waals surface area contributed by atoms with Crippen molar-refractivity contribution >= 4 is 10.0 Å². The first-order valence-electron chi connectivity index (χ1n) is 8.70. The van der Waals surface area contributed by atoms with E-state index < -0.39 is 10.0 Å². The molecule has 0 amide bonds. The maximum Gasteiger partial charge on any atom is 0.240 e. The predicted molar refractivity (Wildman–Crippen MR) is 99.9 cm³/mol. The summed E-state index contributed by atoms with van der Waals surface area (Å²) in [5.74, 6) is 0. The van der Waals surface area contributed by atoms with Gasteiger partial charge in [0.25, 0.3) is 0 Å². The van der Waals surface area contributed by atoms with Gasteiger partial charge in [-0.25, -0.2) is 13.1 Å². The molecule has 2 aromatic rings. The second-order valence-corrected chi connectivity index (χ2v) is 8.51. The quantitative estimate of drug-likeness (QED) is 0.865. The number of nitrogens with zero attached hydrogens (tertiary/aromatic N) is 1. The number of aliphatic hydroxyl groups is 1. The Morgan fingerprint density at radius 3 is 2.31 bits per heavy atom. The lowest BCUT2D eigenvalue weighted by Crippen LogP contribution is -2.38. The number of nitrogens with one attached hydrogen (secondary N) is 1. The van der Waals surface area contributed by atoms with Crippen LogP contribution in [0.1, 0.15) is 36.8 Å². The Hall–Kier alpha value is -2.20. The minimum Gasteiger partial charge on any atom is -0.393 e. The molecule has 0 atom stereocenters. The van der Waals surface area contributed by atoms with Gasteiger partial charge in [0.2, 0.25) is 10.0 Å². The summed E-state index contributed by atoms with van der Waals surface area (Å²) in [6.45, 7) is 1.88. The second-order valence-electron chi connectivity index (χ2n) is 6.79. The van der Waals surface area contributed by atoms with Gasteiger partial charge in [0.15, 0.2) is 0 Å².